The van der Waals surface area contributed by atoms with Gasteiger partial charge in [-0.05, 0) is 26.9 Å². The van der Waals surface area contributed by atoms with E-state index in [1.807, 2.05) is 13.1 Å². The molecule has 0 aliphatic rings. The summed E-state index contributed by atoms with van der Waals surface area (Å²) in [6, 6.07) is 0. The lowest BCUT2D eigenvalue weighted by molar-refractivity contribution is -0.137. The highest BCUT2D eigenvalue weighted by Gasteiger charge is 1.93. The highest BCUT2D eigenvalue weighted by molar-refractivity contribution is 5.82. The highest BCUT2D eigenvalue weighted by atomic mass is 16.5. The normalized spacial score (nSPS) is 12.1. The van der Waals surface area contributed by atoms with Gasteiger partial charge in [0, 0.05) is 12.6 Å². The van der Waals surface area contributed by atoms with E-state index in [-0.39, 0.29) is 5.97 Å². The summed E-state index contributed by atoms with van der Waals surface area (Å²) in [6.07, 6.45) is 5.82. The molecule has 0 aromatic carbocycles. The van der Waals surface area contributed by atoms with Crippen molar-refractivity contribution in [2.24, 2.45) is 5.73 Å². The van der Waals surface area contributed by atoms with Crippen molar-refractivity contribution >= 4 is 5.97 Å². The molecule has 0 saturated carbocycles. The Balaban J connectivity index is 4.02. The maximum atomic E-state index is 10.9. The zero-order valence-corrected chi connectivity index (χ0v) is 9.45. The summed E-state index contributed by atoms with van der Waals surface area (Å²) in [7, 11) is 1.89. The van der Waals surface area contributed by atoms with Crippen LogP contribution in [0, 0.1) is 0 Å². The Labute approximate surface area is 91.2 Å². The molecule has 0 spiro atoms. The van der Waals surface area contributed by atoms with Crippen molar-refractivity contribution in [3.63, 3.8) is 0 Å². The van der Waals surface area contributed by atoms with E-state index in [2.05, 4.69) is 5.32 Å². The van der Waals surface area contributed by atoms with Crippen LogP contribution >= 0.6 is 0 Å². The first-order chi connectivity index (χ1) is 7.24. The molecule has 0 radical (unpaired) electrons. The second-order valence-electron chi connectivity index (χ2n) is 2.99. The largest absolute Gasteiger partial charge is 0.463 e. The van der Waals surface area contributed by atoms with Crippen LogP contribution in [0.25, 0.3) is 0 Å². The predicted octanol–water partition coefficient (Wildman–Crippen LogP) is 0.600. The minimum atomic E-state index is -0.321. The summed E-state index contributed by atoms with van der Waals surface area (Å²) in [5, 5.41) is 3.04. The van der Waals surface area contributed by atoms with Gasteiger partial charge in [0.15, 0.2) is 0 Å². The van der Waals surface area contributed by atoms with Crippen LogP contribution in [0.3, 0.4) is 0 Å². The summed E-state index contributed by atoms with van der Waals surface area (Å²) in [5.41, 5.74) is 6.64. The van der Waals surface area contributed by atoms with Gasteiger partial charge in [-0.25, -0.2) is 4.79 Å². The summed E-state index contributed by atoms with van der Waals surface area (Å²) in [6.45, 7) is 3.57. The van der Waals surface area contributed by atoms with Crippen molar-refractivity contribution in [2.45, 2.75) is 13.3 Å². The lowest BCUT2D eigenvalue weighted by Crippen LogP contribution is -2.12. The maximum Gasteiger partial charge on any atom is 0.330 e. The van der Waals surface area contributed by atoms with Gasteiger partial charge in [-0.3, -0.25) is 0 Å². The van der Waals surface area contributed by atoms with E-state index in [1.54, 1.807) is 13.0 Å². The van der Waals surface area contributed by atoms with E-state index in [0.29, 0.717) is 13.2 Å². The van der Waals surface area contributed by atoms with Crippen LogP contribution in [0.2, 0.25) is 0 Å². The molecule has 0 aliphatic carbocycles. The molecule has 0 aromatic heterocycles. The molecule has 4 nitrogen and oxygen atoms in total. The van der Waals surface area contributed by atoms with E-state index in [0.717, 1.165) is 18.5 Å². The number of hydrogen-bond donors (Lipinski definition) is 2. The summed E-state index contributed by atoms with van der Waals surface area (Å²) in [4.78, 5) is 10.9. The molecule has 0 aromatic rings. The summed E-state index contributed by atoms with van der Waals surface area (Å²) < 4.78 is 4.74. The van der Waals surface area contributed by atoms with Crippen LogP contribution < -0.4 is 11.1 Å². The quantitative estimate of drug-likeness (QED) is 0.368. The van der Waals surface area contributed by atoms with E-state index in [4.69, 9.17) is 10.5 Å². The fourth-order valence-electron chi connectivity index (χ4n) is 0.992. The van der Waals surface area contributed by atoms with Gasteiger partial charge in [0.05, 0.1) is 6.61 Å². The van der Waals surface area contributed by atoms with Gasteiger partial charge in [-0.15, -0.1) is 0 Å². The molecule has 0 saturated heterocycles. The van der Waals surface area contributed by atoms with Crippen LogP contribution in [0.5, 0.6) is 0 Å². The van der Waals surface area contributed by atoms with Gasteiger partial charge in [0.2, 0.25) is 0 Å². The van der Waals surface area contributed by atoms with Gasteiger partial charge >= 0.3 is 5.97 Å². The number of nitrogens with two attached hydrogens (primary N) is 1. The first-order valence-corrected chi connectivity index (χ1v) is 5.12. The Hall–Kier alpha value is -1.13. The third-order valence-corrected chi connectivity index (χ3v) is 1.81. The smallest absolute Gasteiger partial charge is 0.330 e. The third kappa shape index (κ3) is 7.90. The topological polar surface area (TPSA) is 64.3 Å². The van der Waals surface area contributed by atoms with E-state index in [1.165, 1.54) is 6.08 Å². The molecule has 0 heterocycles. The van der Waals surface area contributed by atoms with E-state index >= 15 is 0 Å². The fraction of sp³-hybridized carbons (Fsp3) is 0.545. The van der Waals surface area contributed by atoms with Gasteiger partial charge in [-0.1, -0.05) is 17.7 Å². The fourth-order valence-corrected chi connectivity index (χ4v) is 0.992. The molecule has 0 amide bonds. The maximum absolute atomic E-state index is 10.9. The number of ether oxygens (including phenoxy) is 1. The van der Waals surface area contributed by atoms with Gasteiger partial charge in [0.25, 0.3) is 0 Å². The molecule has 0 aliphatic heterocycles. The molecular weight excluding hydrogens is 192 g/mol. The minimum absolute atomic E-state index is 0.321. The molecule has 4 heteroatoms. The standard InChI is InChI=1S/C11H20N2O2/c1-3-15-11(14)6-4-5-10(9-12)7-8-13-2/h4-6,13H,3,7-9,12H2,1-2H3/b6-4+,10-5+. The molecule has 15 heavy (non-hydrogen) atoms. The highest BCUT2D eigenvalue weighted by Crippen LogP contribution is 1.98. The van der Waals surface area contributed by atoms with Crippen LogP contribution in [-0.2, 0) is 9.53 Å². The molecule has 3 N–H and O–H groups in total. The molecule has 0 atom stereocenters. The number of carbonyl (C=O) groups is 1. The average molecular weight is 212 g/mol. The molecule has 86 valence electrons. The van der Waals surface area contributed by atoms with Crippen LogP contribution in [0.15, 0.2) is 23.8 Å². The molecule has 0 fully saturated rings. The van der Waals surface area contributed by atoms with Gasteiger partial charge in [-0.2, -0.15) is 0 Å². The first-order valence-electron chi connectivity index (χ1n) is 5.12. The van der Waals surface area contributed by atoms with E-state index in [9.17, 15) is 4.79 Å². The summed E-state index contributed by atoms with van der Waals surface area (Å²) in [5.74, 6) is -0.321. The number of carbonyl (C=O) groups excluding carboxylic acids is 1. The minimum Gasteiger partial charge on any atom is -0.463 e. The zero-order chi connectivity index (χ0) is 11.5. The Kier molecular flexibility index (Phi) is 8.72. The Morgan fingerprint density at radius 2 is 2.27 bits per heavy atom. The molecule has 0 bridgehead atoms. The Morgan fingerprint density at radius 3 is 2.80 bits per heavy atom. The number of nitrogens with one attached hydrogen (secondary N) is 1. The lowest BCUT2D eigenvalue weighted by atomic mass is 10.1. The number of hydrogen-bond acceptors (Lipinski definition) is 4. The number of allylic oxidation sites excluding steroid dienone is 2. The molecule has 0 rings (SSSR count). The van der Waals surface area contributed by atoms with Crippen LogP contribution in [0.4, 0.5) is 0 Å². The van der Waals surface area contributed by atoms with Gasteiger partial charge in [0.1, 0.15) is 0 Å². The molecular formula is C11H20N2O2. The van der Waals surface area contributed by atoms with E-state index < -0.39 is 0 Å². The van der Waals surface area contributed by atoms with Crippen molar-refractivity contribution in [3.8, 4) is 0 Å². The van der Waals surface area contributed by atoms with Crippen molar-refractivity contribution in [2.75, 3.05) is 26.7 Å². The average Bonchev–Trinajstić information content (AvgIpc) is 2.23. The van der Waals surface area contributed by atoms with Crippen LogP contribution in [0.1, 0.15) is 13.3 Å². The first kappa shape index (κ1) is 13.9. The molecule has 0 unspecified atom stereocenters. The van der Waals surface area contributed by atoms with Gasteiger partial charge < -0.3 is 15.8 Å². The van der Waals surface area contributed by atoms with Crippen molar-refractivity contribution in [3.05, 3.63) is 23.8 Å². The zero-order valence-electron chi connectivity index (χ0n) is 9.45. The monoisotopic (exact) mass is 212 g/mol. The number of rotatable bonds is 7. The van der Waals surface area contributed by atoms with Crippen molar-refractivity contribution < 1.29 is 9.53 Å². The Bertz CT molecular complexity index is 235. The van der Waals surface area contributed by atoms with Crippen LogP contribution in [-0.4, -0.2) is 32.7 Å². The van der Waals surface area contributed by atoms with Crippen molar-refractivity contribution in [1.82, 2.24) is 5.32 Å². The van der Waals surface area contributed by atoms with Crippen molar-refractivity contribution in [1.29, 1.82) is 0 Å². The lowest BCUT2D eigenvalue weighted by Gasteiger charge is -2.01. The SMILES string of the molecule is CCOC(=O)/C=C/C=C(/CN)CCNC. The Morgan fingerprint density at radius 1 is 1.53 bits per heavy atom. The third-order valence-electron chi connectivity index (χ3n) is 1.81. The predicted molar refractivity (Wildman–Crippen MR) is 61.5 cm³/mol. The summed E-state index contributed by atoms with van der Waals surface area (Å²) >= 11 is 0. The second kappa shape index (κ2) is 9.43. The second-order valence-corrected chi connectivity index (χ2v) is 2.99. The number of esters is 1.